The maximum absolute atomic E-state index is 12.0. The first-order chi connectivity index (χ1) is 10.2. The Hall–Kier alpha value is -1.56. The van der Waals surface area contributed by atoms with Gasteiger partial charge in [0.2, 0.25) is 5.91 Å². The average Bonchev–Trinajstić information content (AvgIpc) is 2.77. The summed E-state index contributed by atoms with van der Waals surface area (Å²) in [5.74, 6) is -0.0334. The van der Waals surface area contributed by atoms with Crippen LogP contribution in [0.2, 0.25) is 5.02 Å². The molecular weight excluding hydrogens is 306 g/mol. The molecule has 2 heterocycles. The van der Waals surface area contributed by atoms with Crippen LogP contribution in [0, 0.1) is 0 Å². The second-order valence-corrected chi connectivity index (χ2v) is 6.16. The summed E-state index contributed by atoms with van der Waals surface area (Å²) in [7, 11) is 0. The van der Waals surface area contributed by atoms with E-state index < -0.39 is 0 Å². The molecule has 0 fully saturated rings. The van der Waals surface area contributed by atoms with Gasteiger partial charge in [-0.2, -0.15) is 0 Å². The van der Waals surface area contributed by atoms with Crippen LogP contribution >= 0.6 is 23.4 Å². The molecule has 0 aliphatic carbocycles. The molecule has 21 heavy (non-hydrogen) atoms. The maximum atomic E-state index is 12.0. The van der Waals surface area contributed by atoms with E-state index in [-0.39, 0.29) is 11.9 Å². The number of pyridine rings is 1. The maximum Gasteiger partial charge on any atom is 0.246 e. The Balaban J connectivity index is 1.92. The summed E-state index contributed by atoms with van der Waals surface area (Å²) in [5.41, 5.74) is 1.73. The van der Waals surface area contributed by atoms with E-state index in [1.54, 1.807) is 24.2 Å². The highest BCUT2D eigenvalue weighted by Gasteiger charge is 2.30. The number of amides is 1. The van der Waals surface area contributed by atoms with Crippen molar-refractivity contribution in [3.05, 3.63) is 47.2 Å². The molecule has 6 heteroatoms. The van der Waals surface area contributed by atoms with E-state index in [0.29, 0.717) is 5.02 Å². The van der Waals surface area contributed by atoms with Crippen LogP contribution in [0.4, 0.5) is 5.69 Å². The minimum absolute atomic E-state index is 0.0334. The minimum atomic E-state index is -0.317. The third kappa shape index (κ3) is 2.90. The summed E-state index contributed by atoms with van der Waals surface area (Å²) in [6, 6.07) is 7.33. The number of benzene rings is 1. The summed E-state index contributed by atoms with van der Waals surface area (Å²) in [5, 5.41) is 6.71. The first-order valence-corrected chi connectivity index (χ1v) is 7.84. The zero-order chi connectivity index (χ0) is 14.8. The molecule has 4 nitrogen and oxygen atoms in total. The standard InChI is InChI=1S/C15H14ClN3OS/c1-2-18-14-10-7-11(16)13(8-12(10)19-15(14)20)21-9-3-5-17-6-4-9/h3-8,14,18H,2H2,1H3,(H,19,20). The summed E-state index contributed by atoms with van der Waals surface area (Å²) in [4.78, 5) is 17.9. The second kappa shape index (κ2) is 6.05. The molecule has 0 saturated heterocycles. The quantitative estimate of drug-likeness (QED) is 0.905. The number of nitrogens with one attached hydrogen (secondary N) is 2. The highest BCUT2D eigenvalue weighted by Crippen LogP contribution is 2.40. The molecule has 2 N–H and O–H groups in total. The van der Waals surface area contributed by atoms with Crippen molar-refractivity contribution in [3.63, 3.8) is 0 Å². The number of rotatable bonds is 4. The number of hydrogen-bond acceptors (Lipinski definition) is 4. The van der Waals surface area contributed by atoms with E-state index >= 15 is 0 Å². The van der Waals surface area contributed by atoms with E-state index in [0.717, 1.165) is 27.6 Å². The predicted molar refractivity (Wildman–Crippen MR) is 84.9 cm³/mol. The first-order valence-electron chi connectivity index (χ1n) is 6.64. The highest BCUT2D eigenvalue weighted by atomic mass is 35.5. The van der Waals surface area contributed by atoms with Gasteiger partial charge in [0.25, 0.3) is 0 Å². The second-order valence-electron chi connectivity index (χ2n) is 4.63. The molecule has 1 unspecified atom stereocenters. The SMILES string of the molecule is CCNC1C(=O)Nc2cc(Sc3ccncc3)c(Cl)cc21. The molecule has 0 radical (unpaired) electrons. The van der Waals surface area contributed by atoms with E-state index in [4.69, 9.17) is 11.6 Å². The van der Waals surface area contributed by atoms with Crippen LogP contribution in [0.25, 0.3) is 0 Å². The number of fused-ring (bicyclic) bond motifs is 1. The molecule has 1 atom stereocenters. The lowest BCUT2D eigenvalue weighted by Gasteiger charge is -2.11. The molecular formula is C15H14ClN3OS. The number of hydrogen-bond donors (Lipinski definition) is 2. The molecule has 2 aromatic rings. The van der Waals surface area contributed by atoms with Gasteiger partial charge in [0.05, 0.1) is 5.02 Å². The Kier molecular flexibility index (Phi) is 4.14. The Bertz CT molecular complexity index is 678. The van der Waals surface area contributed by atoms with Crippen molar-refractivity contribution in [1.29, 1.82) is 0 Å². The van der Waals surface area contributed by atoms with Crippen LogP contribution in [0.1, 0.15) is 18.5 Å². The molecule has 1 aromatic carbocycles. The van der Waals surface area contributed by atoms with Crippen molar-refractivity contribution in [3.8, 4) is 0 Å². The number of aromatic nitrogens is 1. The van der Waals surface area contributed by atoms with Crippen molar-refractivity contribution < 1.29 is 4.79 Å². The largest absolute Gasteiger partial charge is 0.324 e. The Morgan fingerprint density at radius 3 is 2.86 bits per heavy atom. The van der Waals surface area contributed by atoms with Gasteiger partial charge in [0.15, 0.2) is 0 Å². The van der Waals surface area contributed by atoms with Crippen molar-refractivity contribution in [2.45, 2.75) is 22.8 Å². The molecule has 0 spiro atoms. The molecule has 1 amide bonds. The van der Waals surface area contributed by atoms with Gasteiger partial charge in [-0.1, -0.05) is 30.3 Å². The van der Waals surface area contributed by atoms with Crippen molar-refractivity contribution >= 4 is 35.0 Å². The zero-order valence-electron chi connectivity index (χ0n) is 11.4. The number of carbonyl (C=O) groups excluding carboxylic acids is 1. The molecule has 3 rings (SSSR count). The van der Waals surface area contributed by atoms with E-state index in [2.05, 4.69) is 15.6 Å². The van der Waals surface area contributed by atoms with Gasteiger partial charge >= 0.3 is 0 Å². The number of carbonyl (C=O) groups is 1. The molecule has 0 saturated carbocycles. The fourth-order valence-corrected chi connectivity index (χ4v) is 3.41. The van der Waals surface area contributed by atoms with Crippen LogP contribution in [0.5, 0.6) is 0 Å². The summed E-state index contributed by atoms with van der Waals surface area (Å²) >= 11 is 7.92. The van der Waals surface area contributed by atoms with E-state index in [1.807, 2.05) is 31.2 Å². The van der Waals surface area contributed by atoms with Crippen molar-refractivity contribution in [2.24, 2.45) is 0 Å². The number of nitrogens with zero attached hydrogens (tertiary/aromatic N) is 1. The van der Waals surface area contributed by atoms with E-state index in [1.165, 1.54) is 0 Å². The third-order valence-electron chi connectivity index (χ3n) is 3.22. The molecule has 108 valence electrons. The van der Waals surface area contributed by atoms with Gasteiger partial charge in [-0.05, 0) is 30.8 Å². The van der Waals surface area contributed by atoms with Crippen LogP contribution in [-0.4, -0.2) is 17.4 Å². The first kappa shape index (κ1) is 14.4. The number of anilines is 1. The van der Waals surface area contributed by atoms with Crippen LogP contribution < -0.4 is 10.6 Å². The Morgan fingerprint density at radius 2 is 2.14 bits per heavy atom. The highest BCUT2D eigenvalue weighted by molar-refractivity contribution is 7.99. The monoisotopic (exact) mass is 319 g/mol. The lowest BCUT2D eigenvalue weighted by molar-refractivity contribution is -0.117. The smallest absolute Gasteiger partial charge is 0.246 e. The summed E-state index contributed by atoms with van der Waals surface area (Å²) in [6.07, 6.45) is 3.49. The predicted octanol–water partition coefficient (Wildman–Crippen LogP) is 3.49. The Morgan fingerprint density at radius 1 is 1.38 bits per heavy atom. The van der Waals surface area contributed by atoms with Gasteiger partial charge in [0, 0.05) is 33.4 Å². The van der Waals surface area contributed by atoms with Crippen LogP contribution in [0.3, 0.4) is 0 Å². The number of likely N-dealkylation sites (N-methyl/N-ethyl adjacent to an activating group) is 1. The van der Waals surface area contributed by atoms with Gasteiger partial charge in [-0.3, -0.25) is 9.78 Å². The topological polar surface area (TPSA) is 54.0 Å². The summed E-state index contributed by atoms with van der Waals surface area (Å²) < 4.78 is 0. The van der Waals surface area contributed by atoms with Gasteiger partial charge in [0.1, 0.15) is 6.04 Å². The molecule has 1 aliphatic heterocycles. The lowest BCUT2D eigenvalue weighted by Crippen LogP contribution is -2.27. The summed E-state index contributed by atoms with van der Waals surface area (Å²) in [6.45, 7) is 2.70. The number of halogens is 1. The van der Waals surface area contributed by atoms with Crippen LogP contribution in [0.15, 0.2) is 46.5 Å². The fraction of sp³-hybridized carbons (Fsp3) is 0.200. The molecule has 1 aromatic heterocycles. The lowest BCUT2D eigenvalue weighted by atomic mass is 10.1. The minimum Gasteiger partial charge on any atom is -0.324 e. The molecule has 1 aliphatic rings. The van der Waals surface area contributed by atoms with Crippen LogP contribution in [-0.2, 0) is 4.79 Å². The average molecular weight is 320 g/mol. The third-order valence-corrected chi connectivity index (χ3v) is 4.71. The molecule has 0 bridgehead atoms. The van der Waals surface area contributed by atoms with Gasteiger partial charge < -0.3 is 10.6 Å². The van der Waals surface area contributed by atoms with Crippen molar-refractivity contribution in [2.75, 3.05) is 11.9 Å². The fourth-order valence-electron chi connectivity index (χ4n) is 2.28. The van der Waals surface area contributed by atoms with Gasteiger partial charge in [-0.15, -0.1) is 0 Å². The van der Waals surface area contributed by atoms with Gasteiger partial charge in [-0.25, -0.2) is 0 Å². The normalized spacial score (nSPS) is 16.7. The van der Waals surface area contributed by atoms with E-state index in [9.17, 15) is 4.79 Å². The van der Waals surface area contributed by atoms with Crippen molar-refractivity contribution in [1.82, 2.24) is 10.3 Å². The zero-order valence-corrected chi connectivity index (χ0v) is 13.0. The Labute approximate surface area is 132 Å².